The maximum absolute atomic E-state index is 6.05. The van der Waals surface area contributed by atoms with Gasteiger partial charge in [0.25, 0.3) is 0 Å². The van der Waals surface area contributed by atoms with Gasteiger partial charge in [-0.05, 0) is 35.9 Å². The van der Waals surface area contributed by atoms with Gasteiger partial charge >= 0.3 is 0 Å². The number of nitrogens with two attached hydrogens (primary N) is 1. The minimum absolute atomic E-state index is 0.113. The van der Waals surface area contributed by atoms with Gasteiger partial charge in [0.2, 0.25) is 0 Å². The van der Waals surface area contributed by atoms with E-state index < -0.39 is 0 Å². The molecule has 0 radical (unpaired) electrons. The average Bonchev–Trinajstić information content (AvgIpc) is 2.81. The van der Waals surface area contributed by atoms with Gasteiger partial charge < -0.3 is 10.6 Å². The molecule has 0 bridgehead atoms. The first-order valence-electron chi connectivity index (χ1n) is 6.25. The molecule has 1 aliphatic rings. The van der Waals surface area contributed by atoms with E-state index in [0.29, 0.717) is 12.5 Å². The van der Waals surface area contributed by atoms with Crippen LogP contribution in [0.3, 0.4) is 0 Å². The average molecular weight is 351 g/mol. The van der Waals surface area contributed by atoms with Crippen LogP contribution in [0.2, 0.25) is 5.02 Å². The Bertz CT molecular complexity index is 654. The van der Waals surface area contributed by atoms with Crippen LogP contribution in [0, 0.1) is 0 Å². The molecule has 0 aromatic heterocycles. The van der Waals surface area contributed by atoms with Crippen molar-refractivity contribution >= 4 is 39.2 Å². The Morgan fingerprint density at radius 3 is 2.65 bits per heavy atom. The summed E-state index contributed by atoms with van der Waals surface area (Å²) in [5.41, 5.74) is 8.23. The van der Waals surface area contributed by atoms with Crippen LogP contribution < -0.4 is 10.6 Å². The number of hydrogen-bond acceptors (Lipinski definition) is 3. The van der Waals surface area contributed by atoms with Gasteiger partial charge in [-0.1, -0.05) is 45.7 Å². The van der Waals surface area contributed by atoms with Crippen LogP contribution in [0.1, 0.15) is 11.6 Å². The molecule has 0 fully saturated rings. The molecule has 1 unspecified atom stereocenters. The van der Waals surface area contributed by atoms with E-state index in [-0.39, 0.29) is 6.04 Å². The van der Waals surface area contributed by atoms with E-state index in [0.717, 1.165) is 20.7 Å². The van der Waals surface area contributed by atoms with E-state index in [2.05, 4.69) is 20.9 Å². The van der Waals surface area contributed by atoms with Crippen molar-refractivity contribution in [1.82, 2.24) is 0 Å². The maximum atomic E-state index is 6.05. The molecule has 102 valence electrons. The number of hydrogen-bond donors (Lipinski definition) is 1. The van der Waals surface area contributed by atoms with Crippen LogP contribution in [0.15, 0.2) is 58.0 Å². The summed E-state index contributed by atoms with van der Waals surface area (Å²) in [4.78, 5) is 6.43. The Hall–Kier alpha value is -1.52. The highest BCUT2D eigenvalue weighted by Gasteiger charge is 2.28. The predicted octanol–water partition coefficient (Wildman–Crippen LogP) is 3.98. The first-order valence-corrected chi connectivity index (χ1v) is 7.42. The van der Waals surface area contributed by atoms with Crippen molar-refractivity contribution in [3.05, 3.63) is 63.6 Å². The summed E-state index contributed by atoms with van der Waals surface area (Å²) in [6.07, 6.45) is 0. The van der Waals surface area contributed by atoms with E-state index in [4.69, 9.17) is 17.3 Å². The number of guanidine groups is 1. The van der Waals surface area contributed by atoms with Crippen LogP contribution in [0.4, 0.5) is 5.69 Å². The fourth-order valence-corrected chi connectivity index (χ4v) is 2.89. The van der Waals surface area contributed by atoms with Gasteiger partial charge in [0.05, 0.1) is 12.6 Å². The predicted molar refractivity (Wildman–Crippen MR) is 87.3 cm³/mol. The molecule has 1 aliphatic heterocycles. The van der Waals surface area contributed by atoms with Gasteiger partial charge in [0.1, 0.15) is 0 Å². The van der Waals surface area contributed by atoms with E-state index in [1.54, 1.807) is 0 Å². The normalized spacial score (nSPS) is 18.2. The van der Waals surface area contributed by atoms with Crippen LogP contribution in [0.5, 0.6) is 0 Å². The molecule has 0 saturated heterocycles. The maximum Gasteiger partial charge on any atom is 0.196 e. The second-order valence-electron chi connectivity index (χ2n) is 4.62. The standard InChI is InChI=1S/C15H13BrClN3/c16-11-2-1-3-13(8-11)20-14(9-19-15(20)18)10-4-6-12(17)7-5-10/h1-8,14H,9H2,(H2,18,19). The molecule has 3 rings (SSSR count). The number of rotatable bonds is 2. The highest BCUT2D eigenvalue weighted by Crippen LogP contribution is 2.32. The Kier molecular flexibility index (Phi) is 3.68. The summed E-state index contributed by atoms with van der Waals surface area (Å²) in [5, 5.41) is 0.731. The van der Waals surface area contributed by atoms with Crippen molar-refractivity contribution in [1.29, 1.82) is 0 Å². The number of nitrogens with zero attached hydrogens (tertiary/aromatic N) is 2. The molecule has 0 aliphatic carbocycles. The second-order valence-corrected chi connectivity index (χ2v) is 5.97. The smallest absolute Gasteiger partial charge is 0.196 e. The highest BCUT2D eigenvalue weighted by molar-refractivity contribution is 9.10. The summed E-state index contributed by atoms with van der Waals surface area (Å²) in [6.45, 7) is 0.653. The molecular formula is C15H13BrClN3. The Morgan fingerprint density at radius 2 is 1.95 bits per heavy atom. The summed E-state index contributed by atoms with van der Waals surface area (Å²) in [6, 6.07) is 16.0. The van der Waals surface area contributed by atoms with Gasteiger partial charge in [-0.3, -0.25) is 4.99 Å². The van der Waals surface area contributed by atoms with Crippen molar-refractivity contribution in [2.24, 2.45) is 10.7 Å². The molecule has 1 heterocycles. The zero-order valence-corrected chi connectivity index (χ0v) is 13.0. The van der Waals surface area contributed by atoms with Crippen molar-refractivity contribution in [2.75, 3.05) is 11.4 Å². The second kappa shape index (κ2) is 5.46. The Labute approximate surface area is 131 Å². The molecule has 2 aromatic carbocycles. The first kappa shape index (κ1) is 13.5. The fourth-order valence-electron chi connectivity index (χ4n) is 2.38. The number of aliphatic imine (C=N–C) groups is 1. The molecule has 2 N–H and O–H groups in total. The molecule has 0 spiro atoms. The lowest BCUT2D eigenvalue weighted by atomic mass is 10.1. The molecule has 5 heteroatoms. The lowest BCUT2D eigenvalue weighted by Crippen LogP contribution is -2.36. The lowest BCUT2D eigenvalue weighted by molar-refractivity contribution is 0.768. The van der Waals surface area contributed by atoms with Crippen molar-refractivity contribution in [3.63, 3.8) is 0 Å². The topological polar surface area (TPSA) is 41.6 Å². The SMILES string of the molecule is NC1=NCC(c2ccc(Cl)cc2)N1c1cccc(Br)c1. The summed E-state index contributed by atoms with van der Waals surface area (Å²) < 4.78 is 1.02. The molecule has 0 saturated carbocycles. The van der Waals surface area contributed by atoms with E-state index in [1.807, 2.05) is 53.4 Å². The Balaban J connectivity index is 1.98. The molecule has 2 aromatic rings. The van der Waals surface area contributed by atoms with Crippen molar-refractivity contribution < 1.29 is 0 Å². The monoisotopic (exact) mass is 349 g/mol. The van der Waals surface area contributed by atoms with Crippen LogP contribution in [-0.2, 0) is 0 Å². The van der Waals surface area contributed by atoms with E-state index in [1.165, 1.54) is 0 Å². The van der Waals surface area contributed by atoms with Gasteiger partial charge in [0.15, 0.2) is 5.96 Å². The molecule has 3 nitrogen and oxygen atoms in total. The van der Waals surface area contributed by atoms with Crippen LogP contribution >= 0.6 is 27.5 Å². The minimum atomic E-state index is 0.113. The van der Waals surface area contributed by atoms with Gasteiger partial charge in [-0.15, -0.1) is 0 Å². The number of halogens is 2. The molecular weight excluding hydrogens is 338 g/mol. The van der Waals surface area contributed by atoms with E-state index in [9.17, 15) is 0 Å². The molecule has 0 amide bonds. The van der Waals surface area contributed by atoms with Gasteiger partial charge in [0, 0.05) is 15.2 Å². The van der Waals surface area contributed by atoms with Crippen molar-refractivity contribution in [3.8, 4) is 0 Å². The van der Waals surface area contributed by atoms with Crippen LogP contribution in [-0.4, -0.2) is 12.5 Å². The third-order valence-corrected chi connectivity index (χ3v) is 4.07. The minimum Gasteiger partial charge on any atom is -0.369 e. The van der Waals surface area contributed by atoms with Crippen LogP contribution in [0.25, 0.3) is 0 Å². The number of anilines is 1. The largest absolute Gasteiger partial charge is 0.369 e. The molecule has 20 heavy (non-hydrogen) atoms. The Morgan fingerprint density at radius 1 is 1.20 bits per heavy atom. The quantitative estimate of drug-likeness (QED) is 0.890. The first-order chi connectivity index (χ1) is 9.65. The number of benzene rings is 2. The zero-order valence-electron chi connectivity index (χ0n) is 10.6. The van der Waals surface area contributed by atoms with E-state index >= 15 is 0 Å². The van der Waals surface area contributed by atoms with Gasteiger partial charge in [-0.2, -0.15) is 0 Å². The summed E-state index contributed by atoms with van der Waals surface area (Å²) >= 11 is 9.44. The third kappa shape index (κ3) is 2.53. The third-order valence-electron chi connectivity index (χ3n) is 3.33. The summed E-state index contributed by atoms with van der Waals surface area (Å²) in [7, 11) is 0. The fraction of sp³-hybridized carbons (Fsp3) is 0.133. The van der Waals surface area contributed by atoms with Gasteiger partial charge in [-0.25, -0.2) is 0 Å². The highest BCUT2D eigenvalue weighted by atomic mass is 79.9. The molecule has 1 atom stereocenters. The lowest BCUT2D eigenvalue weighted by Gasteiger charge is -2.26. The van der Waals surface area contributed by atoms with Crippen molar-refractivity contribution in [2.45, 2.75) is 6.04 Å². The summed E-state index contributed by atoms with van der Waals surface area (Å²) in [5.74, 6) is 0.544. The zero-order chi connectivity index (χ0) is 14.1.